The predicted molar refractivity (Wildman–Crippen MR) is 34.6 cm³/mol. The van der Waals surface area contributed by atoms with Crippen molar-refractivity contribution < 1.29 is 6.13 Å². The lowest BCUT2D eigenvalue weighted by Crippen LogP contribution is -3.00. The molecule has 0 spiro atoms. The van der Waals surface area contributed by atoms with Gasteiger partial charge < -0.3 is 9.60 Å². The summed E-state index contributed by atoms with van der Waals surface area (Å²) < 4.78 is 0. The van der Waals surface area contributed by atoms with Crippen LogP contribution in [0.15, 0.2) is 0 Å². The Labute approximate surface area is 52.5 Å². The minimum atomic E-state index is 0. The van der Waals surface area contributed by atoms with E-state index in [4.69, 9.17) is 0 Å². The van der Waals surface area contributed by atoms with Crippen LogP contribution >= 0.6 is 0 Å². The van der Waals surface area contributed by atoms with Gasteiger partial charge in [0.05, 0.1) is 0 Å². The number of rotatable bonds is 3. The van der Waals surface area contributed by atoms with Gasteiger partial charge in [-0.2, -0.15) is 0 Å². The highest BCUT2D eigenvalue weighted by Crippen LogP contribution is 1.81. The van der Waals surface area contributed by atoms with Crippen molar-refractivity contribution in [2.24, 2.45) is 0 Å². The molecule has 0 amide bonds. The largest absolute Gasteiger partial charge is 1.00 e. The smallest absolute Gasteiger partial charge is 1.00 e. The second-order valence-corrected chi connectivity index (χ2v) is 1.62. The van der Waals surface area contributed by atoms with Crippen molar-refractivity contribution in [3.8, 4) is 0 Å². The van der Waals surface area contributed by atoms with Crippen LogP contribution in [-0.2, 0) is 0 Å². The Morgan fingerprint density at radius 1 is 1.00 bits per heavy atom. The fourth-order valence-electron chi connectivity index (χ4n) is 0.671. The van der Waals surface area contributed by atoms with Gasteiger partial charge in [0.25, 0.3) is 0 Å². The zero-order chi connectivity index (χ0) is 5.70. The molecule has 0 unspecified atom stereocenters. The molecule has 0 aromatic heterocycles. The van der Waals surface area contributed by atoms with E-state index in [2.05, 4.69) is 25.7 Å². The molecule has 0 saturated heterocycles. The first-order valence-corrected chi connectivity index (χ1v) is 3.07. The molecule has 0 heterocycles. The van der Waals surface area contributed by atoms with Crippen LogP contribution in [0.25, 0.3) is 0 Å². The summed E-state index contributed by atoms with van der Waals surface area (Å²) in [6.07, 6.45) is 0. The molecule has 0 N–H and O–H groups in total. The van der Waals surface area contributed by atoms with Gasteiger partial charge in [-0.1, -0.05) is 20.8 Å². The Morgan fingerprint density at radius 3 is 1.25 bits per heavy atom. The van der Waals surface area contributed by atoms with E-state index in [-0.39, 0.29) is 6.13 Å². The van der Waals surface area contributed by atoms with Crippen molar-refractivity contribution >= 4 is 0 Å². The molecule has 0 aliphatic heterocycles. The van der Waals surface area contributed by atoms with Gasteiger partial charge >= 0.3 is 1.43 Å². The average molecular weight is 121 g/mol. The van der Waals surface area contributed by atoms with Gasteiger partial charge in [0.2, 0.25) is 0 Å². The van der Waals surface area contributed by atoms with Gasteiger partial charge in [0.15, 0.2) is 0 Å². The molecule has 52 valence electrons. The third-order valence-electron chi connectivity index (χ3n) is 1.34. The van der Waals surface area contributed by atoms with Crippen molar-refractivity contribution in [1.82, 2.24) is 4.90 Å². The van der Waals surface area contributed by atoms with E-state index < -0.39 is 0 Å². The van der Waals surface area contributed by atoms with E-state index in [1.807, 2.05) is 0 Å². The minimum absolute atomic E-state index is 0. The summed E-state index contributed by atoms with van der Waals surface area (Å²) in [6, 6.07) is 0. The molecule has 8 heavy (non-hydrogen) atoms. The highest BCUT2D eigenvalue weighted by molar-refractivity contribution is 4.43. The molecular formula is C6H16FN. The van der Waals surface area contributed by atoms with E-state index >= 15 is 0 Å². The minimum Gasteiger partial charge on any atom is -1.00 e. The van der Waals surface area contributed by atoms with Gasteiger partial charge in [0.1, 0.15) is 0 Å². The van der Waals surface area contributed by atoms with Crippen LogP contribution in [0.2, 0.25) is 0 Å². The summed E-state index contributed by atoms with van der Waals surface area (Å²) in [7, 11) is 0. The predicted octanol–water partition coefficient (Wildman–Crippen LogP) is -1.54. The van der Waals surface area contributed by atoms with Gasteiger partial charge in [0, 0.05) is 0 Å². The first-order valence-electron chi connectivity index (χ1n) is 3.07. The van der Waals surface area contributed by atoms with Crippen molar-refractivity contribution in [2.75, 3.05) is 19.6 Å². The van der Waals surface area contributed by atoms with Crippen LogP contribution in [-0.4, -0.2) is 24.5 Å². The number of hydrogen-bond donors (Lipinski definition) is 0. The lowest BCUT2D eigenvalue weighted by molar-refractivity contribution is -0.00000175. The molecule has 0 saturated carbocycles. The Balaban J connectivity index is -0.000000180. The van der Waals surface area contributed by atoms with E-state index in [0.29, 0.717) is 0 Å². The fraction of sp³-hybridized carbons (Fsp3) is 1.00. The van der Waals surface area contributed by atoms with E-state index in [9.17, 15) is 0 Å². The van der Waals surface area contributed by atoms with Crippen molar-refractivity contribution in [1.29, 1.82) is 0 Å². The zero-order valence-corrected chi connectivity index (χ0v) is 5.95. The molecule has 0 aromatic rings. The van der Waals surface area contributed by atoms with Crippen LogP contribution in [0, 0.1) is 0 Å². The molecule has 0 aliphatic rings. The lowest BCUT2D eigenvalue weighted by Gasteiger charge is -2.13. The Hall–Kier alpha value is -0.110. The van der Waals surface area contributed by atoms with Crippen molar-refractivity contribution in [3.05, 3.63) is 0 Å². The molecule has 0 fully saturated rings. The number of halogens is 1. The second kappa shape index (κ2) is 6.89. The van der Waals surface area contributed by atoms with Crippen LogP contribution < -0.4 is 4.70 Å². The van der Waals surface area contributed by atoms with E-state index in [1.54, 1.807) is 0 Å². The highest BCUT2D eigenvalue weighted by Gasteiger charge is 1.89. The highest BCUT2D eigenvalue weighted by atomic mass is 19.0. The summed E-state index contributed by atoms with van der Waals surface area (Å²) in [5.41, 5.74) is 0. The third-order valence-corrected chi connectivity index (χ3v) is 1.34. The van der Waals surface area contributed by atoms with E-state index in [1.165, 1.54) is 19.6 Å². The topological polar surface area (TPSA) is 3.24 Å². The molecule has 0 rings (SSSR count). The standard InChI is InChI=1S/C6H15N.FH/c1-4-7(5-2)6-3;/h4-6H2,1-3H3;1H. The Kier molecular flexibility index (Phi) is 9.30. The van der Waals surface area contributed by atoms with Crippen LogP contribution in [0.5, 0.6) is 0 Å². The van der Waals surface area contributed by atoms with Crippen LogP contribution in [0.3, 0.4) is 0 Å². The summed E-state index contributed by atoms with van der Waals surface area (Å²) in [6.45, 7) is 10.1. The fourth-order valence-corrected chi connectivity index (χ4v) is 0.671. The SMILES string of the molecule is CCN(CC)CC.[F-].[H+]. The normalized spacial score (nSPS) is 9.00. The summed E-state index contributed by atoms with van der Waals surface area (Å²) in [5, 5.41) is 0. The summed E-state index contributed by atoms with van der Waals surface area (Å²) in [5.74, 6) is 0. The third kappa shape index (κ3) is 4.06. The molecule has 2 heteroatoms. The van der Waals surface area contributed by atoms with Crippen LogP contribution in [0.1, 0.15) is 22.2 Å². The Morgan fingerprint density at radius 2 is 1.25 bits per heavy atom. The number of hydrogen-bond acceptors (Lipinski definition) is 1. The molecule has 0 aliphatic carbocycles. The Bertz CT molecular complexity index is 34.5. The molecule has 0 atom stereocenters. The van der Waals surface area contributed by atoms with Gasteiger partial charge in [-0.3, -0.25) is 0 Å². The monoisotopic (exact) mass is 121 g/mol. The van der Waals surface area contributed by atoms with Gasteiger partial charge in [-0.05, 0) is 19.6 Å². The maximum atomic E-state index is 2.38. The second-order valence-electron chi connectivity index (χ2n) is 1.62. The van der Waals surface area contributed by atoms with Crippen LogP contribution in [0.4, 0.5) is 0 Å². The van der Waals surface area contributed by atoms with Crippen molar-refractivity contribution in [3.63, 3.8) is 0 Å². The van der Waals surface area contributed by atoms with E-state index in [0.717, 1.165) is 0 Å². The lowest BCUT2D eigenvalue weighted by atomic mass is 10.5. The average Bonchev–Trinajstić information content (AvgIpc) is 1.72. The summed E-state index contributed by atoms with van der Waals surface area (Å²) in [4.78, 5) is 2.38. The summed E-state index contributed by atoms with van der Waals surface area (Å²) >= 11 is 0. The molecule has 1 nitrogen and oxygen atoms in total. The quantitative estimate of drug-likeness (QED) is 0.437. The molecular weight excluding hydrogens is 105 g/mol. The first-order chi connectivity index (χ1) is 3.35. The maximum absolute atomic E-state index is 2.38. The van der Waals surface area contributed by atoms with Gasteiger partial charge in [-0.15, -0.1) is 0 Å². The maximum Gasteiger partial charge on any atom is 1.00 e. The molecule has 0 aromatic carbocycles. The van der Waals surface area contributed by atoms with Crippen molar-refractivity contribution in [2.45, 2.75) is 20.8 Å². The number of nitrogens with zero attached hydrogens (tertiary/aromatic N) is 1. The molecule has 0 radical (unpaired) electrons. The van der Waals surface area contributed by atoms with Gasteiger partial charge in [-0.25, -0.2) is 0 Å². The molecule has 0 bridgehead atoms. The zero-order valence-electron chi connectivity index (χ0n) is 6.95. The first kappa shape index (κ1) is 10.8.